The average Bonchev–Trinajstić information content (AvgIpc) is 1.47. The molecule has 0 radical (unpaired) electrons. The van der Waals surface area contributed by atoms with E-state index in [2.05, 4.69) is 186 Å². The van der Waals surface area contributed by atoms with Crippen LogP contribution in [0.15, 0.2) is 171 Å². The zero-order valence-electron chi connectivity index (χ0n) is 54.7. The third kappa shape index (κ3) is 7.79. The number of nitrogens with zero attached hydrogens (tertiary/aromatic N) is 10. The summed E-state index contributed by atoms with van der Waals surface area (Å²) in [6.45, 7) is 25.1. The van der Waals surface area contributed by atoms with Gasteiger partial charge >= 0.3 is 5.97 Å². The minimum absolute atomic E-state index is 0.0667. The monoisotopic (exact) mass is 1230 g/mol. The van der Waals surface area contributed by atoms with Gasteiger partial charge in [-0.1, -0.05) is 171 Å². The first-order valence-corrected chi connectivity index (χ1v) is 33.6. The van der Waals surface area contributed by atoms with Gasteiger partial charge in [-0.05, 0) is 174 Å². The van der Waals surface area contributed by atoms with Crippen molar-refractivity contribution in [2.75, 3.05) is 0 Å². The highest BCUT2D eigenvalue weighted by Gasteiger charge is 2.79. The predicted octanol–water partition coefficient (Wildman–Crippen LogP) is 17.2. The lowest BCUT2D eigenvalue weighted by molar-refractivity contribution is -0.132. The Morgan fingerprint density at radius 1 is 0.473 bits per heavy atom. The lowest BCUT2D eigenvalue weighted by Gasteiger charge is -2.50. The molecule has 6 aromatic carbocycles. The van der Waals surface area contributed by atoms with Gasteiger partial charge in [0.2, 0.25) is 0 Å². The number of hydrogen-bond donors (Lipinski definition) is 0. The number of carbonyl (C=O) groups is 2. The van der Waals surface area contributed by atoms with Gasteiger partial charge in [0.25, 0.3) is 0 Å². The molecule has 4 aromatic heterocycles. The van der Waals surface area contributed by atoms with E-state index in [0.29, 0.717) is 35.0 Å². The second kappa shape index (κ2) is 21.1. The number of rotatable bonds is 15. The summed E-state index contributed by atoms with van der Waals surface area (Å²) in [5.74, 6) is 3.76. The molecule has 0 unspecified atom stereocenters. The summed E-state index contributed by atoms with van der Waals surface area (Å²) in [7, 11) is 0. The fourth-order valence-electron chi connectivity index (χ4n) is 20.4. The lowest BCUT2D eigenvalue weighted by atomic mass is 9.52. The van der Waals surface area contributed by atoms with Crippen LogP contribution in [0.4, 0.5) is 0 Å². The zero-order chi connectivity index (χ0) is 64.1. The van der Waals surface area contributed by atoms with Crippen LogP contribution in [0.25, 0.3) is 90.5 Å². The van der Waals surface area contributed by atoms with E-state index in [4.69, 9.17) is 45.1 Å². The fraction of sp³-hybridized carbons (Fsp3) is 0.350. The molecule has 13 heteroatoms. The molecule has 4 saturated carbocycles. The molecule has 0 N–H and O–H groups in total. The van der Waals surface area contributed by atoms with E-state index in [-0.39, 0.29) is 33.9 Å². The lowest BCUT2D eigenvalue weighted by Crippen LogP contribution is -2.50. The number of para-hydroxylation sites is 2. The Morgan fingerprint density at radius 3 is 1.30 bits per heavy atom. The fourth-order valence-corrected chi connectivity index (χ4v) is 20.4. The quantitative estimate of drug-likeness (QED) is 0.0547. The Labute approximate surface area is 544 Å². The maximum Gasteiger partial charge on any atom is 0.335 e. The molecule has 6 aliphatic rings. The molecule has 13 nitrogen and oxygen atoms in total. The molecule has 4 bridgehead atoms. The second-order valence-electron chi connectivity index (χ2n) is 28.9. The van der Waals surface area contributed by atoms with Gasteiger partial charge in [-0.25, -0.2) is 24.7 Å². The van der Waals surface area contributed by atoms with E-state index in [1.54, 1.807) is 0 Å². The van der Waals surface area contributed by atoms with E-state index in [1.165, 1.54) is 17.2 Å². The van der Waals surface area contributed by atoms with Gasteiger partial charge in [-0.15, -0.1) is 20.4 Å². The van der Waals surface area contributed by atoms with Gasteiger partial charge in [0.05, 0.1) is 39.9 Å². The van der Waals surface area contributed by atoms with Crippen LogP contribution in [0.3, 0.4) is 0 Å². The molecule has 0 saturated heterocycles. The highest BCUT2D eigenvalue weighted by atomic mass is 16.5. The van der Waals surface area contributed by atoms with Crippen LogP contribution in [0.5, 0.6) is 0 Å². The van der Waals surface area contributed by atoms with Crippen molar-refractivity contribution in [3.05, 3.63) is 204 Å². The number of benzene rings is 6. The standard InChI is InChI=1S/C80H78N10O3/c1-11-93-65(92)35-32-60(91)44-52-22-24-53(25-23-52)54-26-28-55(29-27-54)72-87-88-74(90(72)59-20-16-13-17-21-59)57-31-34-62-64(46-57)80(77(49(6)7)40-42-78(80,43-41-77)50(8)9)69-67(62)82-71-70(84-69)81-66-61-33-30-56(73-86-85-51(10)89(73)58-18-14-12-15-19-58)45-63(61)79(68(66)83-71)75(47(2)3)36-38-76(79,39-37-75)48(4)5/h11-35,45-50H,1,36-44H2,2-10H3/b35-32+. The number of aryl methyl sites for hydroxylation is 1. The van der Waals surface area contributed by atoms with Gasteiger partial charge in [0, 0.05) is 51.7 Å². The number of fused-ring (bicyclic) bond motifs is 7. The van der Waals surface area contributed by atoms with Crippen molar-refractivity contribution in [3.8, 4) is 79.2 Å². The molecule has 466 valence electrons. The van der Waals surface area contributed by atoms with Gasteiger partial charge in [0.1, 0.15) is 5.82 Å². The highest BCUT2D eigenvalue weighted by Crippen LogP contribution is 2.83. The first-order valence-electron chi connectivity index (χ1n) is 33.6. The SMILES string of the molecule is C=COC(=O)/C=C/C(=O)Cc1ccc(-c2ccc(-c3nnc(-c4ccc5c(c4)C4(c6nc7nc8c(nc7nc6-5)C5(c6cc(-c7nnc(C)n7-c7ccccc7)ccc6-8)C6(C(C)C)CCC5(C(C)C)CC6)C5(C(C)C)CCC4(C(C)C)CC5)n3-c3ccccc3)cc2)cc1. The van der Waals surface area contributed by atoms with E-state index in [0.717, 1.165) is 166 Å². The summed E-state index contributed by atoms with van der Waals surface area (Å²) in [6, 6.07) is 51.4. The Bertz CT molecular complexity index is 4680. The summed E-state index contributed by atoms with van der Waals surface area (Å²) in [4.78, 5) is 48.4. The average molecular weight is 1230 g/mol. The molecule has 4 fully saturated rings. The van der Waals surface area contributed by atoms with Crippen LogP contribution >= 0.6 is 0 Å². The predicted molar refractivity (Wildman–Crippen MR) is 364 cm³/mol. The molecule has 10 aromatic rings. The number of allylic oxidation sites excluding steroid dienone is 1. The Hall–Kier alpha value is -9.36. The molecule has 6 aliphatic carbocycles. The van der Waals surface area contributed by atoms with E-state index >= 15 is 0 Å². The summed E-state index contributed by atoms with van der Waals surface area (Å²) >= 11 is 0. The number of carbonyl (C=O) groups excluding carboxylic acids is 2. The molecule has 16 rings (SSSR count). The van der Waals surface area contributed by atoms with E-state index < -0.39 is 16.8 Å². The summed E-state index contributed by atoms with van der Waals surface area (Å²) in [6.07, 6.45) is 12.5. The van der Waals surface area contributed by atoms with Crippen molar-refractivity contribution < 1.29 is 14.3 Å². The number of ether oxygens (including phenoxy) is 1. The van der Waals surface area contributed by atoms with E-state index in [9.17, 15) is 9.59 Å². The Morgan fingerprint density at radius 2 is 0.860 bits per heavy atom. The molecular weight excluding hydrogens is 1150 g/mol. The number of aromatic nitrogens is 10. The van der Waals surface area contributed by atoms with Crippen molar-refractivity contribution in [2.24, 2.45) is 45.3 Å². The van der Waals surface area contributed by atoms with Crippen LogP contribution in [-0.4, -0.2) is 61.2 Å². The number of ketones is 1. The van der Waals surface area contributed by atoms with Crippen molar-refractivity contribution in [3.63, 3.8) is 0 Å². The van der Waals surface area contributed by atoms with Crippen LogP contribution in [0.1, 0.15) is 141 Å². The third-order valence-corrected chi connectivity index (χ3v) is 24.5. The second-order valence-corrected chi connectivity index (χ2v) is 28.9. The third-order valence-electron chi connectivity index (χ3n) is 24.5. The zero-order valence-corrected chi connectivity index (χ0v) is 54.7. The largest absolute Gasteiger partial charge is 0.432 e. The topological polar surface area (TPSA) is 156 Å². The van der Waals surface area contributed by atoms with E-state index in [1.807, 2.05) is 37.3 Å². The van der Waals surface area contributed by atoms with Crippen molar-refractivity contribution >= 4 is 23.0 Å². The van der Waals surface area contributed by atoms with Crippen LogP contribution < -0.4 is 0 Å². The molecule has 93 heavy (non-hydrogen) atoms. The van der Waals surface area contributed by atoms with Crippen molar-refractivity contribution in [1.82, 2.24) is 49.5 Å². The van der Waals surface area contributed by atoms with Gasteiger partial charge < -0.3 is 4.74 Å². The molecule has 0 atom stereocenters. The summed E-state index contributed by atoms with van der Waals surface area (Å²) in [5, 5.41) is 19.8. The van der Waals surface area contributed by atoms with Crippen LogP contribution in [-0.2, 0) is 31.6 Å². The minimum Gasteiger partial charge on any atom is -0.432 e. The van der Waals surface area contributed by atoms with Gasteiger partial charge in [-0.3, -0.25) is 13.9 Å². The van der Waals surface area contributed by atoms with Gasteiger partial charge in [-0.2, -0.15) is 0 Å². The smallest absolute Gasteiger partial charge is 0.335 e. The highest BCUT2D eigenvalue weighted by molar-refractivity contribution is 5.97. The molecule has 0 aliphatic heterocycles. The van der Waals surface area contributed by atoms with Crippen LogP contribution in [0, 0.1) is 52.3 Å². The maximum absolute atomic E-state index is 12.6. The molecule has 0 amide bonds. The van der Waals surface area contributed by atoms with Crippen LogP contribution in [0.2, 0.25) is 0 Å². The molecule has 2 spiro atoms. The minimum atomic E-state index is -0.639. The van der Waals surface area contributed by atoms with Gasteiger partial charge in [0.15, 0.2) is 34.6 Å². The Balaban J connectivity index is 0.848. The maximum atomic E-state index is 12.6. The summed E-state index contributed by atoms with van der Waals surface area (Å²) < 4.78 is 9.10. The first kappa shape index (κ1) is 58.7. The van der Waals surface area contributed by atoms with Crippen molar-refractivity contribution in [1.29, 1.82) is 0 Å². The van der Waals surface area contributed by atoms with Crippen molar-refractivity contribution in [2.45, 2.75) is 131 Å². The normalized spacial score (nSPS) is 24.4. The number of hydrogen-bond acceptors (Lipinski definition) is 11. The molecule has 4 heterocycles. The Kier molecular flexibility index (Phi) is 13.3. The number of esters is 1. The molecular formula is C80H78N10O3. The first-order chi connectivity index (χ1) is 45.0. The summed E-state index contributed by atoms with van der Waals surface area (Å²) in [5.41, 5.74) is 16.8.